The molecule has 6 nitrogen and oxygen atoms in total. The first kappa shape index (κ1) is 29.5. The number of hydrogen-bond acceptors (Lipinski definition) is 4. The zero-order chi connectivity index (χ0) is 28.5. The van der Waals surface area contributed by atoms with Crippen LogP contribution in [0.3, 0.4) is 0 Å². The summed E-state index contributed by atoms with van der Waals surface area (Å²) in [6.45, 7) is 14.5. The smallest absolute Gasteiger partial charge is 0.317 e. The van der Waals surface area contributed by atoms with Crippen molar-refractivity contribution >= 4 is 23.4 Å². The van der Waals surface area contributed by atoms with Gasteiger partial charge in [-0.15, -0.1) is 0 Å². The lowest BCUT2D eigenvalue weighted by Crippen LogP contribution is -2.50. The fraction of sp³-hybridized carbons (Fsp3) is 0.581. The molecule has 2 atom stereocenters. The summed E-state index contributed by atoms with van der Waals surface area (Å²) in [4.78, 5) is 37.2. The van der Waals surface area contributed by atoms with E-state index in [0.717, 1.165) is 49.9 Å². The average Bonchev–Trinajstić information content (AvgIpc) is 3.21. The zero-order valence-corrected chi connectivity index (χ0v) is 24.9. The third kappa shape index (κ3) is 6.63. The van der Waals surface area contributed by atoms with Crippen molar-refractivity contribution in [3.63, 3.8) is 0 Å². The largest absolute Gasteiger partial charge is 0.321 e. The van der Waals surface area contributed by atoms with Gasteiger partial charge < -0.3 is 14.7 Å². The van der Waals surface area contributed by atoms with Crippen LogP contribution in [0, 0.1) is 19.7 Å². The molecule has 2 unspecified atom stereocenters. The molecule has 2 amide bonds. The Morgan fingerprint density at radius 1 is 1.18 bits per heavy atom. The molecule has 2 fully saturated rings. The second kappa shape index (κ2) is 11.9. The van der Waals surface area contributed by atoms with E-state index in [9.17, 15) is 14.0 Å². The number of urea groups is 1. The molecule has 3 heterocycles. The van der Waals surface area contributed by atoms with Gasteiger partial charge in [0, 0.05) is 49.2 Å². The molecule has 0 N–H and O–H groups in total. The highest BCUT2D eigenvalue weighted by Gasteiger charge is 2.46. The summed E-state index contributed by atoms with van der Waals surface area (Å²) in [5, 5.41) is 0.419. The van der Waals surface area contributed by atoms with Gasteiger partial charge in [0.05, 0.1) is 11.7 Å². The Bertz CT molecular complexity index is 1180. The zero-order valence-electron chi connectivity index (χ0n) is 24.1. The molecule has 4 rings (SSSR count). The van der Waals surface area contributed by atoms with Crippen molar-refractivity contribution < 1.29 is 14.0 Å². The Balaban J connectivity index is 1.35. The van der Waals surface area contributed by atoms with Crippen LogP contribution in [0.1, 0.15) is 93.0 Å². The molecule has 0 bridgehead atoms. The van der Waals surface area contributed by atoms with Crippen molar-refractivity contribution in [1.82, 2.24) is 19.7 Å². The molecule has 39 heavy (non-hydrogen) atoms. The Labute approximate surface area is 237 Å². The van der Waals surface area contributed by atoms with Crippen LogP contribution < -0.4 is 0 Å². The summed E-state index contributed by atoms with van der Waals surface area (Å²) in [6, 6.07) is 8.79. The lowest BCUT2D eigenvalue weighted by atomic mass is 9.96. The fourth-order valence-electron chi connectivity index (χ4n) is 6.24. The molecule has 8 heteroatoms. The number of carbonyl (C=O) groups is 2. The van der Waals surface area contributed by atoms with Crippen molar-refractivity contribution in [3.05, 3.63) is 63.7 Å². The molecule has 2 saturated heterocycles. The number of aryl methyl sites for hydroxylation is 2. The van der Waals surface area contributed by atoms with Gasteiger partial charge in [-0.05, 0) is 96.6 Å². The molecule has 2 aliphatic heterocycles. The number of nitrogens with zero attached hydrogens (tertiary/aromatic N) is 4. The minimum absolute atomic E-state index is 0.0454. The average molecular weight is 557 g/mol. The minimum Gasteiger partial charge on any atom is -0.317 e. The SMILES string of the molecule is Cc1cc(Cl)nc(C)c1C(=O)CCCC(C)N1CCC(N2C(=O)N(C(C)(C)C)CC2c2cccc(F)c2)CC1. The van der Waals surface area contributed by atoms with Crippen molar-refractivity contribution in [2.45, 2.75) is 97.3 Å². The summed E-state index contributed by atoms with van der Waals surface area (Å²) in [7, 11) is 0. The van der Waals surface area contributed by atoms with E-state index in [1.54, 1.807) is 18.2 Å². The summed E-state index contributed by atoms with van der Waals surface area (Å²) < 4.78 is 14.1. The van der Waals surface area contributed by atoms with Crippen molar-refractivity contribution in [3.8, 4) is 0 Å². The number of likely N-dealkylation sites (tertiary alicyclic amines) is 1. The summed E-state index contributed by atoms with van der Waals surface area (Å²) in [5.41, 5.74) is 2.82. The maximum atomic E-state index is 14.1. The highest BCUT2D eigenvalue weighted by molar-refractivity contribution is 6.29. The summed E-state index contributed by atoms with van der Waals surface area (Å²) >= 11 is 6.02. The van der Waals surface area contributed by atoms with Crippen LogP contribution in [0.25, 0.3) is 0 Å². The van der Waals surface area contributed by atoms with Crippen molar-refractivity contribution in [1.29, 1.82) is 0 Å². The predicted octanol–water partition coefficient (Wildman–Crippen LogP) is 6.97. The predicted molar refractivity (Wildman–Crippen MR) is 154 cm³/mol. The molecule has 1 aromatic heterocycles. The number of piperidine rings is 1. The van der Waals surface area contributed by atoms with E-state index in [1.807, 2.05) is 29.7 Å². The minimum atomic E-state index is -0.302. The van der Waals surface area contributed by atoms with E-state index in [-0.39, 0.29) is 35.3 Å². The maximum Gasteiger partial charge on any atom is 0.321 e. The highest BCUT2D eigenvalue weighted by atomic mass is 35.5. The van der Waals surface area contributed by atoms with Crippen molar-refractivity contribution in [2.24, 2.45) is 0 Å². The Morgan fingerprint density at radius 2 is 1.87 bits per heavy atom. The Hall–Kier alpha value is -2.51. The number of aromatic nitrogens is 1. The maximum absolute atomic E-state index is 14.1. The van der Waals surface area contributed by atoms with Gasteiger partial charge in [-0.1, -0.05) is 23.7 Å². The first-order chi connectivity index (χ1) is 18.4. The molecule has 0 radical (unpaired) electrons. The molecular weight excluding hydrogens is 515 g/mol. The van der Waals surface area contributed by atoms with E-state index in [4.69, 9.17) is 11.6 Å². The van der Waals surface area contributed by atoms with Crippen LogP contribution in [-0.4, -0.2) is 68.8 Å². The first-order valence-electron chi connectivity index (χ1n) is 14.1. The van der Waals surface area contributed by atoms with E-state index < -0.39 is 0 Å². The molecule has 1 aromatic carbocycles. The highest BCUT2D eigenvalue weighted by Crippen LogP contribution is 2.38. The number of amides is 2. The number of ketones is 1. The Morgan fingerprint density at radius 3 is 2.49 bits per heavy atom. The lowest BCUT2D eigenvalue weighted by Gasteiger charge is -2.41. The standard InChI is InChI=1S/C31H42ClFN4O2/c1-20-17-28(32)34-22(3)29(20)27(38)12-7-9-21(2)35-15-13-25(14-16-35)37-26(23-10-8-11-24(33)18-23)19-36(30(37)39)31(4,5)6/h8,10-11,17-18,21,25-26H,7,9,12-16,19H2,1-6H3. The van der Waals surface area contributed by atoms with Gasteiger partial charge in [0.25, 0.3) is 0 Å². The molecular formula is C31H42ClFN4O2. The van der Waals surface area contributed by atoms with Gasteiger partial charge in [0.15, 0.2) is 5.78 Å². The number of hydrogen-bond donors (Lipinski definition) is 0. The summed E-state index contributed by atoms with van der Waals surface area (Å²) in [5.74, 6) is -0.145. The third-order valence-corrected chi connectivity index (χ3v) is 8.57. The number of carbonyl (C=O) groups excluding carboxylic acids is 2. The molecule has 0 saturated carbocycles. The van der Waals surface area contributed by atoms with Gasteiger partial charge in [-0.25, -0.2) is 14.2 Å². The van der Waals surface area contributed by atoms with Gasteiger partial charge in [0.1, 0.15) is 11.0 Å². The molecule has 0 aliphatic carbocycles. The van der Waals surface area contributed by atoms with Crippen LogP contribution in [0.4, 0.5) is 9.18 Å². The normalized spacial score (nSPS) is 20.1. The van der Waals surface area contributed by atoms with E-state index in [1.165, 1.54) is 6.07 Å². The number of halogens is 2. The quantitative estimate of drug-likeness (QED) is 0.260. The fourth-order valence-corrected chi connectivity index (χ4v) is 6.53. The number of Topliss-reactive ketones (excluding diaryl/α,β-unsaturated/α-hetero) is 1. The number of benzene rings is 1. The monoisotopic (exact) mass is 556 g/mol. The second-order valence-electron chi connectivity index (χ2n) is 12.2. The lowest BCUT2D eigenvalue weighted by molar-refractivity contribution is 0.0872. The molecule has 212 valence electrons. The van der Waals surface area contributed by atoms with Crippen LogP contribution in [-0.2, 0) is 0 Å². The first-order valence-corrected chi connectivity index (χ1v) is 14.5. The summed E-state index contributed by atoms with van der Waals surface area (Å²) in [6.07, 6.45) is 4.00. The Kier molecular flexibility index (Phi) is 9.01. The van der Waals surface area contributed by atoms with Crippen LogP contribution in [0.2, 0.25) is 5.15 Å². The van der Waals surface area contributed by atoms with Gasteiger partial charge >= 0.3 is 6.03 Å². The van der Waals surface area contributed by atoms with Crippen LogP contribution in [0.5, 0.6) is 0 Å². The molecule has 0 spiro atoms. The van der Waals surface area contributed by atoms with Crippen molar-refractivity contribution in [2.75, 3.05) is 19.6 Å². The number of rotatable bonds is 8. The molecule has 2 aromatic rings. The topological polar surface area (TPSA) is 56.8 Å². The third-order valence-electron chi connectivity index (χ3n) is 8.37. The van der Waals surface area contributed by atoms with E-state index in [0.29, 0.717) is 35.4 Å². The second-order valence-corrected chi connectivity index (χ2v) is 12.6. The van der Waals surface area contributed by atoms with Crippen LogP contribution in [0.15, 0.2) is 30.3 Å². The van der Waals surface area contributed by atoms with E-state index >= 15 is 0 Å². The van der Waals surface area contributed by atoms with Gasteiger partial charge in [0.2, 0.25) is 0 Å². The van der Waals surface area contributed by atoms with E-state index in [2.05, 4.69) is 37.6 Å². The van der Waals surface area contributed by atoms with Gasteiger partial charge in [-0.3, -0.25) is 4.79 Å². The van der Waals surface area contributed by atoms with Gasteiger partial charge in [-0.2, -0.15) is 0 Å². The number of pyridine rings is 1. The molecule has 2 aliphatic rings. The van der Waals surface area contributed by atoms with Crippen LogP contribution >= 0.6 is 11.6 Å².